The normalized spacial score (nSPS) is 15.3. The van der Waals surface area contributed by atoms with E-state index in [-0.39, 0.29) is 11.7 Å². The van der Waals surface area contributed by atoms with E-state index in [1.165, 1.54) is 0 Å². The summed E-state index contributed by atoms with van der Waals surface area (Å²) >= 11 is 0. The lowest BCUT2D eigenvalue weighted by Crippen LogP contribution is -2.38. The number of piperidine rings is 1. The minimum Gasteiger partial charge on any atom is -0.338 e. The van der Waals surface area contributed by atoms with Crippen molar-refractivity contribution >= 4 is 23.8 Å². The lowest BCUT2D eigenvalue weighted by Gasteiger charge is -2.26. The van der Waals surface area contributed by atoms with E-state index in [9.17, 15) is 14.4 Å². The van der Waals surface area contributed by atoms with Crippen molar-refractivity contribution in [2.75, 3.05) is 18.4 Å². The van der Waals surface area contributed by atoms with Crippen LogP contribution in [0, 0.1) is 0 Å². The van der Waals surface area contributed by atoms with Crippen molar-refractivity contribution in [2.45, 2.75) is 12.8 Å². The zero-order chi connectivity index (χ0) is 13.0. The van der Waals surface area contributed by atoms with Gasteiger partial charge in [0.05, 0.1) is 0 Å². The molecule has 0 unspecified atom stereocenters. The van der Waals surface area contributed by atoms with Gasteiger partial charge in [0.1, 0.15) is 5.78 Å². The number of likely N-dealkylation sites (tertiary alicyclic amines) is 1. The summed E-state index contributed by atoms with van der Waals surface area (Å²) in [6.07, 6.45) is 1.43. The minimum atomic E-state index is -0.1000. The second-order valence-electron chi connectivity index (χ2n) is 4.17. The highest BCUT2D eigenvalue weighted by Gasteiger charge is 2.21. The summed E-state index contributed by atoms with van der Waals surface area (Å²) < 4.78 is 0. The zero-order valence-electron chi connectivity index (χ0n) is 9.89. The van der Waals surface area contributed by atoms with Crippen LogP contribution in [-0.2, 0) is 9.59 Å². The molecular weight excluding hydrogens is 232 g/mol. The van der Waals surface area contributed by atoms with Gasteiger partial charge in [0.25, 0.3) is 5.91 Å². The van der Waals surface area contributed by atoms with Gasteiger partial charge in [-0.25, -0.2) is 0 Å². The Hall–Kier alpha value is -2.17. The SMILES string of the molecule is O=CNc1cccc(C(=O)N2CCC(=O)CC2)c1. The molecule has 1 saturated heterocycles. The fraction of sp³-hybridized carbons (Fsp3) is 0.308. The summed E-state index contributed by atoms with van der Waals surface area (Å²) in [5.41, 5.74) is 1.11. The molecule has 1 N–H and O–H groups in total. The number of hydrogen-bond donors (Lipinski definition) is 1. The molecule has 18 heavy (non-hydrogen) atoms. The summed E-state index contributed by atoms with van der Waals surface area (Å²) in [5.74, 6) is 0.104. The highest BCUT2D eigenvalue weighted by atomic mass is 16.2. The Labute approximate surface area is 105 Å². The Morgan fingerprint density at radius 1 is 1.28 bits per heavy atom. The molecule has 1 aromatic rings. The van der Waals surface area contributed by atoms with Crippen molar-refractivity contribution in [1.82, 2.24) is 4.90 Å². The number of nitrogens with zero attached hydrogens (tertiary/aromatic N) is 1. The number of carbonyl (C=O) groups excluding carboxylic acids is 3. The minimum absolute atomic E-state index is 0.1000. The van der Waals surface area contributed by atoms with Crippen LogP contribution >= 0.6 is 0 Å². The van der Waals surface area contributed by atoms with Crippen LogP contribution < -0.4 is 5.32 Å². The van der Waals surface area contributed by atoms with Crippen LogP contribution in [0.25, 0.3) is 0 Å². The smallest absolute Gasteiger partial charge is 0.253 e. The Morgan fingerprint density at radius 2 is 2.00 bits per heavy atom. The summed E-state index contributed by atoms with van der Waals surface area (Å²) in [6, 6.07) is 6.76. The number of nitrogens with one attached hydrogen (secondary N) is 1. The maximum Gasteiger partial charge on any atom is 0.253 e. The Kier molecular flexibility index (Phi) is 3.72. The van der Waals surface area contributed by atoms with Crippen LogP contribution in [-0.4, -0.2) is 36.1 Å². The average molecular weight is 246 g/mol. The van der Waals surface area contributed by atoms with E-state index in [0.29, 0.717) is 43.6 Å². The van der Waals surface area contributed by atoms with Crippen LogP contribution in [0.15, 0.2) is 24.3 Å². The van der Waals surface area contributed by atoms with E-state index in [1.54, 1.807) is 29.2 Å². The van der Waals surface area contributed by atoms with E-state index in [0.717, 1.165) is 0 Å². The fourth-order valence-corrected chi connectivity index (χ4v) is 1.95. The molecule has 0 aliphatic carbocycles. The molecule has 2 rings (SSSR count). The third-order valence-electron chi connectivity index (χ3n) is 2.94. The number of Topliss-reactive ketones (excluding diaryl/α,β-unsaturated/α-hetero) is 1. The molecule has 1 aliphatic heterocycles. The first-order valence-corrected chi connectivity index (χ1v) is 5.82. The third-order valence-corrected chi connectivity index (χ3v) is 2.94. The number of carbonyl (C=O) groups is 3. The largest absolute Gasteiger partial charge is 0.338 e. The molecule has 1 heterocycles. The standard InChI is InChI=1S/C13H14N2O3/c16-9-14-11-3-1-2-10(8-11)13(18)15-6-4-12(17)5-7-15/h1-3,8-9H,4-7H2,(H,14,16). The molecule has 0 atom stereocenters. The van der Waals surface area contributed by atoms with E-state index in [4.69, 9.17) is 0 Å². The van der Waals surface area contributed by atoms with Crippen molar-refractivity contribution in [3.05, 3.63) is 29.8 Å². The molecule has 1 aliphatic rings. The van der Waals surface area contributed by atoms with Gasteiger partial charge < -0.3 is 10.2 Å². The van der Waals surface area contributed by atoms with Crippen LogP contribution in [0.5, 0.6) is 0 Å². The predicted molar refractivity (Wildman–Crippen MR) is 66.3 cm³/mol. The Bertz CT molecular complexity index is 475. The van der Waals surface area contributed by atoms with E-state index in [1.807, 2.05) is 0 Å². The van der Waals surface area contributed by atoms with Gasteiger partial charge in [-0.15, -0.1) is 0 Å². The molecular formula is C13H14N2O3. The van der Waals surface area contributed by atoms with Crippen molar-refractivity contribution in [1.29, 1.82) is 0 Å². The lowest BCUT2D eigenvalue weighted by atomic mass is 10.1. The van der Waals surface area contributed by atoms with Gasteiger partial charge in [-0.1, -0.05) is 6.07 Å². The van der Waals surface area contributed by atoms with Crippen LogP contribution in [0.4, 0.5) is 5.69 Å². The van der Waals surface area contributed by atoms with E-state index in [2.05, 4.69) is 5.32 Å². The highest BCUT2D eigenvalue weighted by Crippen LogP contribution is 2.14. The van der Waals surface area contributed by atoms with Gasteiger partial charge in [0.2, 0.25) is 6.41 Å². The molecule has 1 aromatic carbocycles. The van der Waals surface area contributed by atoms with Crippen molar-refractivity contribution in [3.8, 4) is 0 Å². The van der Waals surface area contributed by atoms with Crippen molar-refractivity contribution in [3.63, 3.8) is 0 Å². The number of hydrogen-bond acceptors (Lipinski definition) is 3. The van der Waals surface area contributed by atoms with Gasteiger partial charge in [-0.05, 0) is 18.2 Å². The van der Waals surface area contributed by atoms with Gasteiger partial charge in [0.15, 0.2) is 0 Å². The summed E-state index contributed by atoms with van der Waals surface area (Å²) in [6.45, 7) is 0.950. The molecule has 1 fully saturated rings. The van der Waals surface area contributed by atoms with Crippen LogP contribution in [0.2, 0.25) is 0 Å². The first-order chi connectivity index (χ1) is 8.70. The molecule has 0 saturated carbocycles. The van der Waals surface area contributed by atoms with Crippen LogP contribution in [0.1, 0.15) is 23.2 Å². The number of benzene rings is 1. The van der Waals surface area contributed by atoms with Crippen LogP contribution in [0.3, 0.4) is 0 Å². The third kappa shape index (κ3) is 2.74. The number of anilines is 1. The molecule has 0 bridgehead atoms. The maximum atomic E-state index is 12.2. The fourth-order valence-electron chi connectivity index (χ4n) is 1.95. The van der Waals surface area contributed by atoms with Crippen molar-refractivity contribution in [2.24, 2.45) is 0 Å². The Balaban J connectivity index is 2.10. The second-order valence-corrected chi connectivity index (χ2v) is 4.17. The molecule has 0 spiro atoms. The van der Waals surface area contributed by atoms with Gasteiger partial charge in [-0.3, -0.25) is 14.4 Å². The monoisotopic (exact) mass is 246 g/mol. The molecule has 2 amide bonds. The zero-order valence-corrected chi connectivity index (χ0v) is 9.89. The average Bonchev–Trinajstić information content (AvgIpc) is 2.39. The van der Waals surface area contributed by atoms with Gasteiger partial charge >= 0.3 is 0 Å². The summed E-state index contributed by atoms with van der Waals surface area (Å²) in [7, 11) is 0. The molecule has 94 valence electrons. The molecule has 0 radical (unpaired) electrons. The number of amides is 2. The summed E-state index contributed by atoms with van der Waals surface area (Å²) in [4.78, 5) is 35.3. The topological polar surface area (TPSA) is 66.5 Å². The van der Waals surface area contributed by atoms with Crippen molar-refractivity contribution < 1.29 is 14.4 Å². The maximum absolute atomic E-state index is 12.2. The molecule has 5 heteroatoms. The summed E-state index contributed by atoms with van der Waals surface area (Å²) in [5, 5.41) is 2.51. The quantitative estimate of drug-likeness (QED) is 0.811. The lowest BCUT2D eigenvalue weighted by molar-refractivity contribution is -0.121. The van der Waals surface area contributed by atoms with E-state index >= 15 is 0 Å². The second kappa shape index (κ2) is 5.44. The predicted octanol–water partition coefficient (Wildman–Crippen LogP) is 1.06. The van der Waals surface area contributed by atoms with Gasteiger partial charge in [-0.2, -0.15) is 0 Å². The first kappa shape index (κ1) is 12.3. The molecule has 5 nitrogen and oxygen atoms in total. The molecule has 0 aromatic heterocycles. The highest BCUT2D eigenvalue weighted by molar-refractivity contribution is 5.96. The van der Waals surface area contributed by atoms with Gasteiger partial charge in [0, 0.05) is 37.2 Å². The van der Waals surface area contributed by atoms with E-state index < -0.39 is 0 Å². The number of ketones is 1. The Morgan fingerprint density at radius 3 is 2.67 bits per heavy atom. The number of rotatable bonds is 3. The first-order valence-electron chi connectivity index (χ1n) is 5.82.